The van der Waals surface area contributed by atoms with Crippen LogP contribution in [0, 0.1) is 0 Å². The first-order chi connectivity index (χ1) is 17.9. The van der Waals surface area contributed by atoms with Crippen molar-refractivity contribution in [1.29, 1.82) is 0 Å². The Labute approximate surface area is 217 Å². The fourth-order valence-corrected chi connectivity index (χ4v) is 5.99. The summed E-state index contributed by atoms with van der Waals surface area (Å²) in [5.74, 6) is -2.49. The highest BCUT2D eigenvalue weighted by molar-refractivity contribution is 8.00. The summed E-state index contributed by atoms with van der Waals surface area (Å²) in [6.07, 6.45) is 0.925. The molecule has 0 saturated carbocycles. The van der Waals surface area contributed by atoms with Crippen molar-refractivity contribution in [1.82, 2.24) is 10.2 Å². The van der Waals surface area contributed by atoms with Crippen LogP contribution in [0.2, 0.25) is 0 Å². The Bertz CT molecular complexity index is 1290. The van der Waals surface area contributed by atoms with Crippen LogP contribution in [-0.4, -0.2) is 50.3 Å². The third-order valence-electron chi connectivity index (χ3n) is 6.26. The third-order valence-corrected chi connectivity index (χ3v) is 7.57. The zero-order chi connectivity index (χ0) is 25.9. The number of carbonyl (C=O) groups is 3. The van der Waals surface area contributed by atoms with Gasteiger partial charge in [0.25, 0.3) is 0 Å². The molecule has 1 fully saturated rings. The van der Waals surface area contributed by atoms with Crippen LogP contribution in [0.4, 0.5) is 0 Å². The second kappa shape index (κ2) is 10.5. The number of carbonyl (C=O) groups excluding carboxylic acids is 2. The van der Waals surface area contributed by atoms with E-state index in [2.05, 4.69) is 5.32 Å². The maximum Gasteiger partial charge on any atom is 0.352 e. The molecule has 0 aromatic heterocycles. The fraction of sp³-hybridized carbons (Fsp3) is 0.179. The van der Waals surface area contributed by atoms with E-state index in [1.165, 1.54) is 34.9 Å². The highest BCUT2D eigenvalue weighted by Gasteiger charge is 2.54. The molecule has 0 spiro atoms. The number of fused-ring (bicyclic) bond motifs is 1. The maximum absolute atomic E-state index is 12.9. The van der Waals surface area contributed by atoms with Gasteiger partial charge in [-0.1, -0.05) is 72.8 Å². The fourth-order valence-electron chi connectivity index (χ4n) is 4.51. The lowest BCUT2D eigenvalue weighted by Gasteiger charge is -2.50. The van der Waals surface area contributed by atoms with Crippen LogP contribution in [0.5, 0.6) is 5.75 Å². The van der Waals surface area contributed by atoms with E-state index in [0.717, 1.165) is 11.1 Å². The summed E-state index contributed by atoms with van der Waals surface area (Å²) in [5, 5.41) is 20.9. The minimum absolute atomic E-state index is 0.0734. The summed E-state index contributed by atoms with van der Waals surface area (Å²) < 4.78 is 6.03. The molecule has 37 heavy (non-hydrogen) atoms. The van der Waals surface area contributed by atoms with Gasteiger partial charge in [0.15, 0.2) is 0 Å². The quantitative estimate of drug-likeness (QED) is 0.392. The summed E-state index contributed by atoms with van der Waals surface area (Å²) >= 11 is 1.28. The molecule has 3 aromatic carbocycles. The van der Waals surface area contributed by atoms with E-state index in [0.29, 0.717) is 5.56 Å². The number of carboxylic acids is 1. The normalized spacial score (nSPS) is 20.6. The second-order valence-electron chi connectivity index (χ2n) is 8.66. The first kappa shape index (κ1) is 24.6. The number of hydrogen-bond donors (Lipinski definition) is 3. The summed E-state index contributed by atoms with van der Waals surface area (Å²) in [6.45, 7) is -0.240. The van der Waals surface area contributed by atoms with E-state index in [-0.39, 0.29) is 24.0 Å². The Hall–Kier alpha value is -4.08. The molecule has 0 radical (unpaired) electrons. The Morgan fingerprint density at radius 2 is 1.54 bits per heavy atom. The number of aliphatic carboxylic acids is 1. The lowest BCUT2D eigenvalue weighted by Crippen LogP contribution is -2.61. The van der Waals surface area contributed by atoms with Crippen molar-refractivity contribution in [3.8, 4) is 5.75 Å². The van der Waals surface area contributed by atoms with Crippen LogP contribution >= 0.6 is 11.8 Å². The molecule has 9 heteroatoms. The zero-order valence-electron chi connectivity index (χ0n) is 19.6. The predicted molar refractivity (Wildman–Crippen MR) is 137 cm³/mol. The van der Waals surface area contributed by atoms with E-state index >= 15 is 0 Å². The van der Waals surface area contributed by atoms with Crippen LogP contribution < -0.4 is 5.32 Å². The number of aromatic hydroxyl groups is 1. The summed E-state index contributed by atoms with van der Waals surface area (Å²) in [7, 11) is 0. The van der Waals surface area contributed by atoms with Crippen molar-refractivity contribution in [2.75, 3.05) is 6.61 Å². The molecule has 1 saturated heterocycles. The number of amides is 2. The van der Waals surface area contributed by atoms with E-state index < -0.39 is 34.6 Å². The number of nitrogens with one attached hydrogen (secondary N) is 1. The van der Waals surface area contributed by atoms with Crippen molar-refractivity contribution in [3.63, 3.8) is 0 Å². The number of phenolic OH excluding ortho intramolecular Hbond substituents is 1. The molecule has 0 aliphatic carbocycles. The first-order valence-corrected chi connectivity index (χ1v) is 12.6. The van der Waals surface area contributed by atoms with E-state index in [1.807, 2.05) is 60.7 Å². The van der Waals surface area contributed by atoms with Gasteiger partial charge in [0.2, 0.25) is 11.8 Å². The molecule has 8 nitrogen and oxygen atoms in total. The van der Waals surface area contributed by atoms with Crippen molar-refractivity contribution >= 4 is 29.5 Å². The molecule has 3 atom stereocenters. The van der Waals surface area contributed by atoms with Gasteiger partial charge < -0.3 is 20.3 Å². The molecule has 0 bridgehead atoms. The Kier molecular flexibility index (Phi) is 6.98. The average Bonchev–Trinajstić information content (AvgIpc) is 2.90. The van der Waals surface area contributed by atoms with Gasteiger partial charge >= 0.3 is 5.97 Å². The molecule has 5 rings (SSSR count). The molecule has 2 amide bonds. The van der Waals surface area contributed by atoms with Gasteiger partial charge in [-0.3, -0.25) is 14.5 Å². The predicted octanol–water partition coefficient (Wildman–Crippen LogP) is 3.61. The lowest BCUT2D eigenvalue weighted by molar-refractivity contribution is -0.148. The standard InChI is InChI=1S/C28H24N2O6S/c31-20-13-11-17(12-14-20)24-26(33)30-21(28(34)35)15-23(37-27(24)30)29-22(32)16-36-25(18-7-3-1-4-8-18)19-9-5-2-6-10-19/h1-15,23-25,27,31H,16H2,(H,29,32)(H,34,35)/t23?,24?,27-/m1/s1. The van der Waals surface area contributed by atoms with Crippen molar-refractivity contribution in [3.05, 3.63) is 113 Å². The third kappa shape index (κ3) is 5.09. The number of β-lactam (4-membered cyclic amide) rings is 1. The van der Waals surface area contributed by atoms with Gasteiger partial charge in [0.05, 0.1) is 11.3 Å². The SMILES string of the molecule is O=C(COC(c1ccccc1)c1ccccc1)NC1C=C(C(=O)O)N2C(=O)C(c3ccc(O)cc3)[C@H]2S1. The Morgan fingerprint density at radius 1 is 0.946 bits per heavy atom. The minimum Gasteiger partial charge on any atom is -0.508 e. The number of thioether (sulfide) groups is 1. The number of ether oxygens (including phenoxy) is 1. The van der Waals surface area contributed by atoms with Crippen molar-refractivity contribution in [2.24, 2.45) is 0 Å². The van der Waals surface area contributed by atoms with Gasteiger partial charge in [0.1, 0.15) is 29.5 Å². The molecule has 2 heterocycles. The van der Waals surface area contributed by atoms with Gasteiger partial charge in [-0.2, -0.15) is 0 Å². The average molecular weight is 517 g/mol. The number of rotatable bonds is 8. The number of hydrogen-bond acceptors (Lipinski definition) is 6. The molecule has 2 unspecified atom stereocenters. The number of carboxylic acid groups (broad SMARTS) is 1. The smallest absolute Gasteiger partial charge is 0.352 e. The Morgan fingerprint density at radius 3 is 2.11 bits per heavy atom. The first-order valence-electron chi connectivity index (χ1n) is 11.7. The molecular weight excluding hydrogens is 492 g/mol. The van der Waals surface area contributed by atoms with Crippen LogP contribution in [0.1, 0.15) is 28.7 Å². The topological polar surface area (TPSA) is 116 Å². The largest absolute Gasteiger partial charge is 0.508 e. The number of nitrogens with zero attached hydrogens (tertiary/aromatic N) is 1. The molecule has 3 aromatic rings. The van der Waals surface area contributed by atoms with Gasteiger partial charge in [-0.25, -0.2) is 4.79 Å². The number of benzene rings is 3. The maximum atomic E-state index is 12.9. The summed E-state index contributed by atoms with van der Waals surface area (Å²) in [4.78, 5) is 38.8. The van der Waals surface area contributed by atoms with Gasteiger partial charge in [0, 0.05) is 0 Å². The molecule has 3 N–H and O–H groups in total. The molecule has 2 aliphatic rings. The summed E-state index contributed by atoms with van der Waals surface area (Å²) in [5.41, 5.74) is 2.32. The molecule has 188 valence electrons. The van der Waals surface area contributed by atoms with Gasteiger partial charge in [-0.05, 0) is 34.9 Å². The minimum atomic E-state index is -1.24. The Balaban J connectivity index is 1.29. The number of phenols is 1. The van der Waals surface area contributed by atoms with Crippen LogP contribution in [0.15, 0.2) is 96.7 Å². The highest BCUT2D eigenvalue weighted by atomic mass is 32.2. The van der Waals surface area contributed by atoms with Crippen LogP contribution in [0.25, 0.3) is 0 Å². The van der Waals surface area contributed by atoms with E-state index in [9.17, 15) is 24.6 Å². The second-order valence-corrected chi connectivity index (χ2v) is 9.92. The molecule has 2 aliphatic heterocycles. The lowest BCUT2D eigenvalue weighted by atomic mass is 9.89. The van der Waals surface area contributed by atoms with Crippen LogP contribution in [-0.2, 0) is 19.1 Å². The zero-order valence-corrected chi connectivity index (χ0v) is 20.4. The van der Waals surface area contributed by atoms with Crippen molar-refractivity contribution in [2.45, 2.75) is 22.8 Å². The summed E-state index contributed by atoms with van der Waals surface area (Å²) in [6, 6.07) is 25.4. The molecular formula is C28H24N2O6S. The van der Waals surface area contributed by atoms with Crippen molar-refractivity contribution < 1.29 is 29.3 Å². The van der Waals surface area contributed by atoms with Gasteiger partial charge in [-0.15, -0.1) is 11.8 Å². The van der Waals surface area contributed by atoms with Crippen LogP contribution in [0.3, 0.4) is 0 Å². The highest BCUT2D eigenvalue weighted by Crippen LogP contribution is 2.48. The monoisotopic (exact) mass is 516 g/mol. The van der Waals surface area contributed by atoms with E-state index in [4.69, 9.17) is 4.74 Å². The van der Waals surface area contributed by atoms with E-state index in [1.54, 1.807) is 12.1 Å².